The molecule has 1 saturated heterocycles. The lowest BCUT2D eigenvalue weighted by atomic mass is 9.79. The maximum Gasteiger partial charge on any atom is 0.233 e. The summed E-state index contributed by atoms with van der Waals surface area (Å²) in [6.07, 6.45) is 1.06. The van der Waals surface area contributed by atoms with Crippen LogP contribution in [0.3, 0.4) is 0 Å². The number of carbonyl (C=O) groups excluding carboxylic acids is 2. The van der Waals surface area contributed by atoms with E-state index in [9.17, 15) is 9.59 Å². The van der Waals surface area contributed by atoms with E-state index in [1.807, 2.05) is 0 Å². The van der Waals surface area contributed by atoms with Gasteiger partial charge in [0.25, 0.3) is 0 Å². The van der Waals surface area contributed by atoms with Gasteiger partial charge in [0, 0.05) is 26.2 Å². The minimum absolute atomic E-state index is 0.107. The molecule has 0 aromatic carbocycles. The molecule has 0 aliphatic carbocycles. The summed E-state index contributed by atoms with van der Waals surface area (Å²) in [4.78, 5) is 22.8. The molecule has 1 aliphatic rings. The van der Waals surface area contributed by atoms with Gasteiger partial charge in [0.15, 0.2) is 0 Å². The van der Waals surface area contributed by atoms with Crippen LogP contribution >= 0.6 is 12.2 Å². The second-order valence-electron chi connectivity index (χ2n) is 4.03. The average Bonchev–Trinajstić information content (AvgIpc) is 2.29. The third kappa shape index (κ3) is 3.37. The second kappa shape index (κ2) is 5.92. The van der Waals surface area contributed by atoms with E-state index in [1.165, 1.54) is 0 Å². The predicted molar refractivity (Wildman–Crippen MR) is 66.1 cm³/mol. The normalized spacial score (nSPS) is 18.4. The van der Waals surface area contributed by atoms with E-state index in [2.05, 4.69) is 5.32 Å². The van der Waals surface area contributed by atoms with Crippen LogP contribution in [0.25, 0.3) is 0 Å². The van der Waals surface area contributed by atoms with Crippen molar-refractivity contribution in [3.8, 4) is 0 Å². The molecule has 7 heteroatoms. The van der Waals surface area contributed by atoms with Crippen molar-refractivity contribution in [1.82, 2.24) is 5.32 Å². The van der Waals surface area contributed by atoms with E-state index in [4.69, 9.17) is 28.4 Å². The zero-order chi connectivity index (χ0) is 12.9. The largest absolute Gasteiger partial charge is 0.392 e. The maximum atomic E-state index is 12.1. The van der Waals surface area contributed by atoms with Gasteiger partial charge in [-0.25, -0.2) is 0 Å². The van der Waals surface area contributed by atoms with Gasteiger partial charge < -0.3 is 21.5 Å². The molecule has 0 spiro atoms. The third-order valence-electron chi connectivity index (χ3n) is 2.91. The summed E-state index contributed by atoms with van der Waals surface area (Å²) in [5.41, 5.74) is 9.81. The smallest absolute Gasteiger partial charge is 0.233 e. The lowest BCUT2D eigenvalue weighted by molar-refractivity contribution is -0.131. The highest BCUT2D eigenvalue weighted by molar-refractivity contribution is 7.80. The molecule has 0 atom stereocenters. The summed E-state index contributed by atoms with van der Waals surface area (Å²) in [5.74, 6) is -0.698. The summed E-state index contributed by atoms with van der Waals surface area (Å²) >= 11 is 4.98. The van der Waals surface area contributed by atoms with Crippen molar-refractivity contribution in [2.24, 2.45) is 16.9 Å². The number of rotatable bonds is 5. The Balaban J connectivity index is 2.61. The number of primary amides is 1. The number of amides is 2. The number of ether oxygens (including phenoxy) is 1. The minimum atomic E-state index is -0.842. The fourth-order valence-electron chi connectivity index (χ4n) is 1.77. The molecule has 0 radical (unpaired) electrons. The van der Waals surface area contributed by atoms with Crippen molar-refractivity contribution in [2.45, 2.75) is 19.3 Å². The first-order valence-electron chi connectivity index (χ1n) is 5.43. The summed E-state index contributed by atoms with van der Waals surface area (Å²) in [6, 6.07) is 0. The van der Waals surface area contributed by atoms with Crippen LogP contribution in [0, 0.1) is 5.41 Å². The van der Waals surface area contributed by atoms with Crippen LogP contribution in [-0.2, 0) is 14.3 Å². The molecule has 1 fully saturated rings. The Morgan fingerprint density at radius 3 is 2.35 bits per heavy atom. The predicted octanol–water partition coefficient (Wildman–Crippen LogP) is -0.939. The number of hydrogen-bond donors (Lipinski definition) is 3. The molecule has 0 aromatic heterocycles. The van der Waals surface area contributed by atoms with Crippen molar-refractivity contribution >= 4 is 29.0 Å². The van der Waals surface area contributed by atoms with Crippen molar-refractivity contribution in [1.29, 1.82) is 0 Å². The molecular weight excluding hydrogens is 242 g/mol. The Labute approximate surface area is 105 Å². The monoisotopic (exact) mass is 259 g/mol. The van der Waals surface area contributed by atoms with Gasteiger partial charge in [0.1, 0.15) is 5.41 Å². The van der Waals surface area contributed by atoms with Gasteiger partial charge in [-0.1, -0.05) is 12.2 Å². The minimum Gasteiger partial charge on any atom is -0.392 e. The molecule has 17 heavy (non-hydrogen) atoms. The SMILES string of the molecule is NC(=O)CCNC(=O)C1(C(N)=S)CCOCC1. The highest BCUT2D eigenvalue weighted by Gasteiger charge is 2.42. The summed E-state index contributed by atoms with van der Waals surface area (Å²) in [6.45, 7) is 1.13. The van der Waals surface area contributed by atoms with Crippen molar-refractivity contribution in [3.63, 3.8) is 0 Å². The standard InChI is InChI=1S/C10H17N3O3S/c11-7(14)1-4-13-9(15)10(8(12)17)2-5-16-6-3-10/h1-6H2,(H2,11,14)(H2,12,17)(H,13,15). The molecule has 1 rings (SSSR count). The number of carbonyl (C=O) groups is 2. The highest BCUT2D eigenvalue weighted by atomic mass is 32.1. The second-order valence-corrected chi connectivity index (χ2v) is 4.47. The molecule has 6 nitrogen and oxygen atoms in total. The maximum absolute atomic E-state index is 12.1. The highest BCUT2D eigenvalue weighted by Crippen LogP contribution is 2.31. The average molecular weight is 259 g/mol. The van der Waals surface area contributed by atoms with Crippen LogP contribution in [0.5, 0.6) is 0 Å². The topological polar surface area (TPSA) is 107 Å². The molecule has 96 valence electrons. The van der Waals surface area contributed by atoms with Crippen LogP contribution in [-0.4, -0.2) is 36.6 Å². The van der Waals surface area contributed by atoms with E-state index in [0.717, 1.165) is 0 Å². The number of nitrogens with one attached hydrogen (secondary N) is 1. The van der Waals surface area contributed by atoms with E-state index >= 15 is 0 Å². The number of thiocarbonyl (C=S) groups is 1. The Morgan fingerprint density at radius 1 is 1.29 bits per heavy atom. The van der Waals surface area contributed by atoms with Crippen molar-refractivity contribution < 1.29 is 14.3 Å². The van der Waals surface area contributed by atoms with Crippen molar-refractivity contribution in [3.05, 3.63) is 0 Å². The van der Waals surface area contributed by atoms with E-state index in [0.29, 0.717) is 26.1 Å². The lowest BCUT2D eigenvalue weighted by Crippen LogP contribution is -2.52. The Bertz CT molecular complexity index is 327. The molecule has 1 aliphatic heterocycles. The van der Waals surface area contributed by atoms with E-state index in [1.54, 1.807) is 0 Å². The molecule has 1 heterocycles. The number of hydrogen-bond acceptors (Lipinski definition) is 4. The van der Waals surface area contributed by atoms with Gasteiger partial charge in [0.2, 0.25) is 11.8 Å². The van der Waals surface area contributed by atoms with Gasteiger partial charge in [-0.2, -0.15) is 0 Å². The van der Waals surface area contributed by atoms with Gasteiger partial charge >= 0.3 is 0 Å². The first kappa shape index (κ1) is 13.9. The van der Waals surface area contributed by atoms with E-state index < -0.39 is 11.3 Å². The number of nitrogens with two attached hydrogens (primary N) is 2. The fraction of sp³-hybridized carbons (Fsp3) is 0.700. The third-order valence-corrected chi connectivity index (χ3v) is 3.30. The molecule has 0 saturated carbocycles. The van der Waals surface area contributed by atoms with Gasteiger partial charge in [0.05, 0.1) is 4.99 Å². The molecule has 2 amide bonds. The first-order valence-corrected chi connectivity index (χ1v) is 5.84. The van der Waals surface area contributed by atoms with Crippen LogP contribution in [0.4, 0.5) is 0 Å². The zero-order valence-electron chi connectivity index (χ0n) is 9.53. The lowest BCUT2D eigenvalue weighted by Gasteiger charge is -2.34. The molecule has 5 N–H and O–H groups in total. The van der Waals surface area contributed by atoms with Gasteiger partial charge in [-0.05, 0) is 12.8 Å². The Hall–Kier alpha value is -1.21. The van der Waals surface area contributed by atoms with Crippen LogP contribution in [0.2, 0.25) is 0 Å². The summed E-state index contributed by atoms with van der Waals surface area (Å²) in [7, 11) is 0. The first-order chi connectivity index (χ1) is 7.99. The molecule has 0 aromatic rings. The van der Waals surface area contributed by atoms with Crippen LogP contribution in [0.15, 0.2) is 0 Å². The zero-order valence-corrected chi connectivity index (χ0v) is 10.3. The Morgan fingerprint density at radius 2 is 1.88 bits per heavy atom. The quantitative estimate of drug-likeness (QED) is 0.552. The Kier molecular flexibility index (Phi) is 4.83. The molecular formula is C10H17N3O3S. The summed E-state index contributed by atoms with van der Waals surface area (Å²) < 4.78 is 5.20. The van der Waals surface area contributed by atoms with E-state index in [-0.39, 0.29) is 23.9 Å². The van der Waals surface area contributed by atoms with Crippen LogP contribution < -0.4 is 16.8 Å². The summed E-state index contributed by atoms with van der Waals surface area (Å²) in [5, 5.41) is 2.64. The molecule has 0 unspecified atom stereocenters. The fourth-order valence-corrected chi connectivity index (χ4v) is 2.07. The van der Waals surface area contributed by atoms with Gasteiger partial charge in [-0.15, -0.1) is 0 Å². The van der Waals surface area contributed by atoms with Gasteiger partial charge in [-0.3, -0.25) is 9.59 Å². The van der Waals surface area contributed by atoms with Crippen molar-refractivity contribution in [2.75, 3.05) is 19.8 Å². The molecule has 0 bridgehead atoms. The van der Waals surface area contributed by atoms with Crippen LogP contribution in [0.1, 0.15) is 19.3 Å².